The molecule has 2 heterocycles. The molecule has 4 N–H and O–H groups in total. The van der Waals surface area contributed by atoms with E-state index >= 15 is 0 Å². The minimum atomic E-state index is -1.05. The highest BCUT2D eigenvalue weighted by molar-refractivity contribution is 7.14. The van der Waals surface area contributed by atoms with Gasteiger partial charge >= 0.3 is 5.97 Å². The van der Waals surface area contributed by atoms with Crippen LogP contribution in [0.5, 0.6) is 0 Å². The lowest BCUT2D eigenvalue weighted by Crippen LogP contribution is -2.11. The predicted molar refractivity (Wildman–Crippen MR) is 176 cm³/mol. The second-order valence-corrected chi connectivity index (χ2v) is 11.7. The molecule has 222 valence electrons. The molecule has 5 aromatic rings. The quantitative estimate of drug-likeness (QED) is 0.115. The summed E-state index contributed by atoms with van der Waals surface area (Å²) in [5.41, 5.74) is 11.7. The minimum Gasteiger partial charge on any atom is -0.478 e. The lowest BCUT2D eigenvalue weighted by atomic mass is 10.1. The zero-order valence-corrected chi connectivity index (χ0v) is 25.1. The number of nitrogens with one attached hydrogen (secondary N) is 1. The van der Waals surface area contributed by atoms with Crippen molar-refractivity contribution in [2.24, 2.45) is 10.2 Å². The number of carbonyl (C=O) groups is 3. The number of nitrogen functional groups attached to an aromatic ring is 1. The van der Waals surface area contributed by atoms with Crippen molar-refractivity contribution in [3.05, 3.63) is 117 Å². The molecular weight excluding hydrogens is 609 g/mol. The van der Waals surface area contributed by atoms with Crippen LogP contribution in [-0.2, 0) is 4.79 Å². The van der Waals surface area contributed by atoms with E-state index in [9.17, 15) is 14.4 Å². The molecule has 3 aromatic carbocycles. The third-order valence-electron chi connectivity index (χ3n) is 6.86. The van der Waals surface area contributed by atoms with Gasteiger partial charge in [-0.1, -0.05) is 36.4 Å². The molecule has 6 rings (SSSR count). The van der Waals surface area contributed by atoms with Gasteiger partial charge in [-0.15, -0.1) is 22.7 Å². The summed E-state index contributed by atoms with van der Waals surface area (Å²) in [6, 6.07) is 20.5. The van der Waals surface area contributed by atoms with Crippen LogP contribution in [0, 0.1) is 0 Å². The maximum absolute atomic E-state index is 13.1. The van der Waals surface area contributed by atoms with Crippen molar-refractivity contribution in [1.82, 2.24) is 9.97 Å². The lowest BCUT2D eigenvalue weighted by Gasteiger charge is -2.02. The number of azo groups is 1. The van der Waals surface area contributed by atoms with E-state index in [0.717, 1.165) is 22.4 Å². The van der Waals surface area contributed by atoms with Crippen LogP contribution in [0.25, 0.3) is 23.4 Å². The SMILES string of the molecule is Nc1nc(-c2ccc(/C=C3/CC/C(=C\c4csc(NC(=O)c5cccc(N=Nc6cccc(C(=O)O)c6)c5)n4)C3=O)cc2)cs1. The van der Waals surface area contributed by atoms with E-state index in [2.05, 4.69) is 25.5 Å². The van der Waals surface area contributed by atoms with Crippen LogP contribution in [0.3, 0.4) is 0 Å². The molecule has 0 saturated heterocycles. The highest BCUT2D eigenvalue weighted by Crippen LogP contribution is 2.31. The number of thiazole rings is 2. The first kappa shape index (κ1) is 29.5. The number of hydrogen-bond donors (Lipinski definition) is 3. The number of rotatable bonds is 8. The maximum Gasteiger partial charge on any atom is 0.335 e. The normalized spacial score (nSPS) is 14.9. The van der Waals surface area contributed by atoms with E-state index in [4.69, 9.17) is 10.8 Å². The molecule has 45 heavy (non-hydrogen) atoms. The summed E-state index contributed by atoms with van der Waals surface area (Å²) in [5.74, 6) is -1.44. The average molecular weight is 633 g/mol. The molecule has 0 spiro atoms. The van der Waals surface area contributed by atoms with Crippen LogP contribution in [0.15, 0.2) is 105 Å². The number of aromatic nitrogens is 2. The first-order valence-electron chi connectivity index (χ1n) is 13.7. The zero-order valence-electron chi connectivity index (χ0n) is 23.5. The van der Waals surface area contributed by atoms with Crippen molar-refractivity contribution in [3.8, 4) is 11.3 Å². The molecule has 1 fully saturated rings. The Bertz CT molecular complexity index is 2020. The van der Waals surface area contributed by atoms with Crippen LogP contribution in [-0.4, -0.2) is 32.7 Å². The van der Waals surface area contributed by atoms with Gasteiger partial charge in [-0.3, -0.25) is 14.9 Å². The molecule has 1 aliphatic carbocycles. The Kier molecular flexibility index (Phi) is 8.49. The van der Waals surface area contributed by atoms with Gasteiger partial charge in [0.2, 0.25) is 0 Å². The highest BCUT2D eigenvalue weighted by atomic mass is 32.1. The Labute approximate surface area is 265 Å². The van der Waals surface area contributed by atoms with Gasteiger partial charge in [-0.05, 0) is 67.0 Å². The molecule has 0 aliphatic heterocycles. The van der Waals surface area contributed by atoms with Gasteiger partial charge in [0.1, 0.15) is 0 Å². The molecule has 2 aromatic heterocycles. The Hall–Kier alpha value is -5.59. The number of Topliss-reactive ketones (excluding diaryl/α,β-unsaturated/α-hetero) is 1. The second kappa shape index (κ2) is 13.0. The number of amides is 1. The number of hydrogen-bond acceptors (Lipinski definition) is 10. The van der Waals surface area contributed by atoms with Crippen molar-refractivity contribution < 1.29 is 19.5 Å². The third-order valence-corrected chi connectivity index (χ3v) is 8.31. The number of carboxylic acids is 1. The van der Waals surface area contributed by atoms with Gasteiger partial charge in [0, 0.05) is 33.0 Å². The Morgan fingerprint density at radius 3 is 2.18 bits per heavy atom. The van der Waals surface area contributed by atoms with Crippen molar-refractivity contribution in [1.29, 1.82) is 0 Å². The average Bonchev–Trinajstić information content (AvgIpc) is 3.78. The fourth-order valence-electron chi connectivity index (χ4n) is 4.63. The van der Waals surface area contributed by atoms with E-state index in [1.807, 2.05) is 35.7 Å². The summed E-state index contributed by atoms with van der Waals surface area (Å²) in [4.78, 5) is 46.0. The number of nitrogens with two attached hydrogens (primary N) is 1. The largest absolute Gasteiger partial charge is 0.478 e. The summed E-state index contributed by atoms with van der Waals surface area (Å²) in [6.07, 6.45) is 4.94. The van der Waals surface area contributed by atoms with Crippen LogP contribution in [0.4, 0.5) is 21.6 Å². The lowest BCUT2D eigenvalue weighted by molar-refractivity contribution is -0.111. The Morgan fingerprint density at radius 2 is 1.51 bits per heavy atom. The Morgan fingerprint density at radius 1 is 0.844 bits per heavy atom. The summed E-state index contributed by atoms with van der Waals surface area (Å²) in [7, 11) is 0. The topological polar surface area (TPSA) is 160 Å². The molecule has 12 heteroatoms. The first-order chi connectivity index (χ1) is 21.8. The molecule has 0 atom stereocenters. The summed E-state index contributed by atoms with van der Waals surface area (Å²) >= 11 is 2.66. The molecule has 0 unspecified atom stereocenters. The molecule has 1 saturated carbocycles. The fourth-order valence-corrected chi connectivity index (χ4v) is 5.87. The van der Waals surface area contributed by atoms with Crippen LogP contribution in [0.2, 0.25) is 0 Å². The third kappa shape index (κ3) is 7.15. The number of nitrogens with zero attached hydrogens (tertiary/aromatic N) is 4. The number of carboxylic acid groups (broad SMARTS) is 1. The molecule has 10 nitrogen and oxygen atoms in total. The number of carbonyl (C=O) groups excluding carboxylic acids is 2. The highest BCUT2D eigenvalue weighted by Gasteiger charge is 2.23. The number of anilines is 2. The van der Waals surface area contributed by atoms with Gasteiger partial charge in [-0.25, -0.2) is 14.8 Å². The van der Waals surface area contributed by atoms with Crippen molar-refractivity contribution in [2.75, 3.05) is 11.1 Å². The minimum absolute atomic E-state index is 0.00870. The van der Waals surface area contributed by atoms with E-state index < -0.39 is 5.97 Å². The number of aromatic carboxylic acids is 1. The van der Waals surface area contributed by atoms with Crippen LogP contribution in [0.1, 0.15) is 44.8 Å². The number of ketones is 1. The van der Waals surface area contributed by atoms with E-state index in [0.29, 0.717) is 51.3 Å². The Balaban J connectivity index is 1.08. The molecule has 1 amide bonds. The molecule has 0 bridgehead atoms. The summed E-state index contributed by atoms with van der Waals surface area (Å²) in [5, 5.41) is 24.8. The standard InChI is InChI=1S/C33H24N6O4S2/c34-32-36-28(18-44-32)20-9-7-19(8-10-20)13-21-11-12-22(29(21)40)14-27-17-45-33(35-27)37-30(41)23-3-1-5-25(15-23)38-39-26-6-2-4-24(16-26)31(42)43/h1-10,13-18H,11-12H2,(H2,34,36)(H,42,43)(H,35,37,41)/b21-13-,22-14+,39-38?. The number of benzene rings is 3. The van der Waals surface area contributed by atoms with Crippen molar-refractivity contribution in [3.63, 3.8) is 0 Å². The first-order valence-corrected chi connectivity index (χ1v) is 15.5. The van der Waals surface area contributed by atoms with Crippen molar-refractivity contribution >= 4 is 74.1 Å². The monoisotopic (exact) mass is 632 g/mol. The molecule has 0 radical (unpaired) electrons. The van der Waals surface area contributed by atoms with Gasteiger partial charge < -0.3 is 10.8 Å². The van der Waals surface area contributed by atoms with E-state index in [1.54, 1.807) is 47.9 Å². The smallest absolute Gasteiger partial charge is 0.335 e. The van der Waals surface area contributed by atoms with Crippen LogP contribution >= 0.6 is 22.7 Å². The second-order valence-electron chi connectivity index (χ2n) is 10.00. The summed E-state index contributed by atoms with van der Waals surface area (Å²) in [6.45, 7) is 0. The van der Waals surface area contributed by atoms with Gasteiger partial charge in [0.25, 0.3) is 5.91 Å². The van der Waals surface area contributed by atoms with Crippen LogP contribution < -0.4 is 11.1 Å². The van der Waals surface area contributed by atoms with Crippen molar-refractivity contribution in [2.45, 2.75) is 12.8 Å². The molecular formula is C33H24N6O4S2. The molecule has 1 aliphatic rings. The van der Waals surface area contributed by atoms with Gasteiger partial charge in [0.05, 0.1) is 28.3 Å². The fraction of sp³-hybridized carbons (Fsp3) is 0.0606. The van der Waals surface area contributed by atoms with E-state index in [-0.39, 0.29) is 17.3 Å². The van der Waals surface area contributed by atoms with E-state index in [1.165, 1.54) is 34.8 Å². The van der Waals surface area contributed by atoms with Gasteiger partial charge in [0.15, 0.2) is 16.0 Å². The zero-order chi connectivity index (χ0) is 31.3. The van der Waals surface area contributed by atoms with Gasteiger partial charge in [-0.2, -0.15) is 10.2 Å². The maximum atomic E-state index is 13.1. The summed E-state index contributed by atoms with van der Waals surface area (Å²) < 4.78 is 0. The predicted octanol–water partition coefficient (Wildman–Crippen LogP) is 8.04. The number of allylic oxidation sites excluding steroid dienone is 2.